The second kappa shape index (κ2) is 3.77. The van der Waals surface area contributed by atoms with E-state index in [0.717, 1.165) is 0 Å². The molecule has 2 rings (SSSR count). The van der Waals surface area contributed by atoms with Gasteiger partial charge in [0.1, 0.15) is 10.6 Å². The number of hydrogen-bond donors (Lipinski definition) is 1. The van der Waals surface area contributed by atoms with Crippen molar-refractivity contribution in [3.63, 3.8) is 0 Å². The number of ether oxygens (including phenoxy) is 1. The van der Waals surface area contributed by atoms with Crippen molar-refractivity contribution in [2.75, 3.05) is 7.11 Å². The van der Waals surface area contributed by atoms with Crippen LogP contribution in [0.3, 0.4) is 0 Å². The first-order chi connectivity index (χ1) is 7.54. The minimum absolute atomic E-state index is 0.126. The first-order valence-corrected chi connectivity index (χ1v) is 5.92. The Kier molecular flexibility index (Phi) is 2.57. The molecule has 0 saturated carbocycles. The van der Waals surface area contributed by atoms with E-state index in [0.29, 0.717) is 10.8 Å². The zero-order valence-electron chi connectivity index (χ0n) is 8.47. The van der Waals surface area contributed by atoms with E-state index in [4.69, 9.17) is 4.74 Å². The smallest absolute Gasteiger partial charge is 0.298 e. The van der Waals surface area contributed by atoms with Gasteiger partial charge in [0.05, 0.1) is 7.11 Å². The lowest BCUT2D eigenvalue weighted by molar-refractivity contribution is 0.399. The first kappa shape index (κ1) is 10.9. The van der Waals surface area contributed by atoms with Gasteiger partial charge in [-0.1, -0.05) is 18.2 Å². The molecule has 0 saturated heterocycles. The molecule has 0 fully saturated rings. The fraction of sp³-hybridized carbons (Fsp3) is 0.0909. The molecule has 16 heavy (non-hydrogen) atoms. The van der Waals surface area contributed by atoms with Crippen molar-refractivity contribution in [1.82, 2.24) is 0 Å². The zero-order chi connectivity index (χ0) is 11.8. The highest BCUT2D eigenvalue weighted by molar-refractivity contribution is 7.86. The summed E-state index contributed by atoms with van der Waals surface area (Å²) in [4.78, 5) is -0.207. The maximum absolute atomic E-state index is 11.3. The molecule has 0 aliphatic heterocycles. The van der Waals surface area contributed by atoms with Gasteiger partial charge in [-0.05, 0) is 23.6 Å². The summed E-state index contributed by atoms with van der Waals surface area (Å²) in [6.45, 7) is 0. The van der Waals surface area contributed by atoms with Crippen LogP contribution >= 0.6 is 0 Å². The molecule has 0 aliphatic rings. The SMILES string of the molecule is COc1ccc2c[c]ccc2c1S(=O)(=O)O. The predicted octanol–water partition coefficient (Wildman–Crippen LogP) is 1.90. The molecule has 83 valence electrons. The third-order valence-electron chi connectivity index (χ3n) is 2.26. The van der Waals surface area contributed by atoms with Gasteiger partial charge in [-0.2, -0.15) is 8.42 Å². The van der Waals surface area contributed by atoms with E-state index in [1.807, 2.05) is 0 Å². The van der Waals surface area contributed by atoms with Gasteiger partial charge in [-0.3, -0.25) is 4.55 Å². The van der Waals surface area contributed by atoms with Crippen molar-refractivity contribution in [2.24, 2.45) is 0 Å². The Morgan fingerprint density at radius 1 is 1.31 bits per heavy atom. The van der Waals surface area contributed by atoms with Gasteiger partial charge in [0, 0.05) is 5.39 Å². The van der Waals surface area contributed by atoms with E-state index in [1.165, 1.54) is 13.2 Å². The van der Waals surface area contributed by atoms with Gasteiger partial charge < -0.3 is 4.74 Å². The van der Waals surface area contributed by atoms with E-state index >= 15 is 0 Å². The summed E-state index contributed by atoms with van der Waals surface area (Å²) in [6, 6.07) is 10.8. The van der Waals surface area contributed by atoms with Crippen molar-refractivity contribution < 1.29 is 17.7 Å². The Hall–Kier alpha value is -1.59. The summed E-state index contributed by atoms with van der Waals surface area (Å²) >= 11 is 0. The summed E-state index contributed by atoms with van der Waals surface area (Å²) in [7, 11) is -2.96. The first-order valence-electron chi connectivity index (χ1n) is 4.48. The molecule has 0 aromatic heterocycles. The minimum atomic E-state index is -4.31. The summed E-state index contributed by atoms with van der Waals surface area (Å²) in [5.74, 6) is 0.126. The Labute approximate surface area is 93.2 Å². The van der Waals surface area contributed by atoms with Crippen molar-refractivity contribution in [2.45, 2.75) is 4.90 Å². The molecule has 2 aromatic rings. The van der Waals surface area contributed by atoms with Crippen LogP contribution in [-0.2, 0) is 10.1 Å². The molecule has 1 N–H and O–H groups in total. The third kappa shape index (κ3) is 1.75. The molecule has 0 unspecified atom stereocenters. The highest BCUT2D eigenvalue weighted by Gasteiger charge is 2.19. The van der Waals surface area contributed by atoms with E-state index in [-0.39, 0.29) is 10.6 Å². The molecule has 4 nitrogen and oxygen atoms in total. The van der Waals surface area contributed by atoms with Crippen molar-refractivity contribution in [1.29, 1.82) is 0 Å². The van der Waals surface area contributed by atoms with Crippen molar-refractivity contribution >= 4 is 20.9 Å². The normalized spacial score (nSPS) is 11.6. The minimum Gasteiger partial charge on any atom is -0.495 e. The lowest BCUT2D eigenvalue weighted by Gasteiger charge is -2.08. The molecule has 1 radical (unpaired) electrons. The maximum atomic E-state index is 11.3. The van der Waals surface area contributed by atoms with Crippen molar-refractivity contribution in [3.8, 4) is 5.75 Å². The fourth-order valence-electron chi connectivity index (χ4n) is 1.59. The van der Waals surface area contributed by atoms with Gasteiger partial charge in [0.15, 0.2) is 0 Å². The second-order valence-corrected chi connectivity index (χ2v) is 4.58. The molecule has 0 heterocycles. The monoisotopic (exact) mass is 237 g/mol. The third-order valence-corrected chi connectivity index (χ3v) is 3.19. The molecule has 0 aliphatic carbocycles. The van der Waals surface area contributed by atoms with Gasteiger partial charge in [-0.15, -0.1) is 0 Å². The summed E-state index contributed by atoms with van der Waals surface area (Å²) in [5.41, 5.74) is 0. The predicted molar refractivity (Wildman–Crippen MR) is 59.2 cm³/mol. The van der Waals surface area contributed by atoms with E-state index in [9.17, 15) is 13.0 Å². The Bertz CT molecular complexity index is 631. The van der Waals surface area contributed by atoms with E-state index in [1.54, 1.807) is 24.3 Å². The van der Waals surface area contributed by atoms with E-state index in [2.05, 4.69) is 6.07 Å². The van der Waals surface area contributed by atoms with Crippen LogP contribution in [0.1, 0.15) is 0 Å². The number of rotatable bonds is 2. The zero-order valence-corrected chi connectivity index (χ0v) is 9.28. The molecular formula is C11H9O4S. The Morgan fingerprint density at radius 3 is 2.69 bits per heavy atom. The average Bonchev–Trinajstić information content (AvgIpc) is 2.26. The average molecular weight is 237 g/mol. The number of fused-ring (bicyclic) bond motifs is 1. The molecule has 0 amide bonds. The summed E-state index contributed by atoms with van der Waals surface area (Å²) in [6.07, 6.45) is 0. The molecular weight excluding hydrogens is 228 g/mol. The maximum Gasteiger partial charge on any atom is 0.298 e. The number of hydrogen-bond acceptors (Lipinski definition) is 3. The van der Waals surface area contributed by atoms with Crippen LogP contribution in [-0.4, -0.2) is 20.1 Å². The lowest BCUT2D eigenvalue weighted by Crippen LogP contribution is -2.02. The quantitative estimate of drug-likeness (QED) is 0.810. The van der Waals surface area contributed by atoms with Crippen LogP contribution < -0.4 is 4.74 Å². The number of benzene rings is 2. The molecule has 0 bridgehead atoms. The lowest BCUT2D eigenvalue weighted by atomic mass is 10.1. The number of methoxy groups -OCH3 is 1. The molecule has 5 heteroatoms. The standard InChI is InChI=1S/C11H9O4S/c1-15-10-7-6-8-4-2-3-5-9(8)11(10)16(12,13)14/h3-7H,1H3,(H,12,13,14). The highest BCUT2D eigenvalue weighted by Crippen LogP contribution is 2.31. The molecule has 0 spiro atoms. The Morgan fingerprint density at radius 2 is 2.06 bits per heavy atom. The van der Waals surface area contributed by atoms with Crippen molar-refractivity contribution in [3.05, 3.63) is 36.4 Å². The van der Waals surface area contributed by atoms with Gasteiger partial charge in [0.25, 0.3) is 10.1 Å². The van der Waals surface area contributed by atoms with E-state index < -0.39 is 10.1 Å². The summed E-state index contributed by atoms with van der Waals surface area (Å²) < 4.78 is 36.7. The molecule has 2 aromatic carbocycles. The van der Waals surface area contributed by atoms with Crippen LogP contribution in [0, 0.1) is 6.07 Å². The van der Waals surface area contributed by atoms with Crippen LogP contribution in [0.25, 0.3) is 10.8 Å². The molecule has 0 atom stereocenters. The van der Waals surface area contributed by atoms with Gasteiger partial charge >= 0.3 is 0 Å². The fourth-order valence-corrected chi connectivity index (χ4v) is 2.46. The van der Waals surface area contributed by atoms with Crippen LogP contribution in [0.2, 0.25) is 0 Å². The van der Waals surface area contributed by atoms with Crippen LogP contribution in [0.5, 0.6) is 5.75 Å². The second-order valence-electron chi connectivity index (χ2n) is 3.22. The topological polar surface area (TPSA) is 63.6 Å². The largest absolute Gasteiger partial charge is 0.495 e. The highest BCUT2D eigenvalue weighted by atomic mass is 32.2. The van der Waals surface area contributed by atoms with Crippen LogP contribution in [0.4, 0.5) is 0 Å². The summed E-state index contributed by atoms with van der Waals surface area (Å²) in [5, 5.41) is 1.09. The van der Waals surface area contributed by atoms with Gasteiger partial charge in [0.2, 0.25) is 0 Å². The van der Waals surface area contributed by atoms with Gasteiger partial charge in [-0.25, -0.2) is 0 Å². The Balaban J connectivity index is 2.95. The van der Waals surface area contributed by atoms with Crippen LogP contribution in [0.15, 0.2) is 35.2 Å².